The van der Waals surface area contributed by atoms with Gasteiger partial charge < -0.3 is 9.47 Å². The number of fused-ring (bicyclic) bond motifs is 2. The summed E-state index contributed by atoms with van der Waals surface area (Å²) in [6.07, 6.45) is 26.7. The maximum atomic E-state index is 6.20. The van der Waals surface area contributed by atoms with Gasteiger partial charge in [0.05, 0.1) is 15.6 Å². The Morgan fingerprint density at radius 3 is 2.62 bits per heavy atom. The molecule has 4 atom stereocenters. The summed E-state index contributed by atoms with van der Waals surface area (Å²) in [7, 11) is -0.294. The van der Waals surface area contributed by atoms with Crippen LogP contribution in [0, 0.1) is 11.8 Å². The lowest BCUT2D eigenvalue weighted by Crippen LogP contribution is -2.25. The summed E-state index contributed by atoms with van der Waals surface area (Å²) in [6, 6.07) is 0. The summed E-state index contributed by atoms with van der Waals surface area (Å²) in [4.78, 5) is 0. The van der Waals surface area contributed by atoms with Crippen molar-refractivity contribution in [2.24, 2.45) is 11.8 Å². The summed E-state index contributed by atoms with van der Waals surface area (Å²) < 4.78 is 12.3. The van der Waals surface area contributed by atoms with Gasteiger partial charge in [-0.15, -0.1) is 0 Å². The maximum Gasteiger partial charge on any atom is 0.101 e. The summed E-state index contributed by atoms with van der Waals surface area (Å²) in [5, 5.41) is 0. The summed E-state index contributed by atoms with van der Waals surface area (Å²) in [5.74, 6) is 1.34. The highest BCUT2D eigenvalue weighted by Crippen LogP contribution is 2.37. The number of allylic oxidation sites excluding steroid dienone is 6. The molecule has 4 unspecified atom stereocenters. The van der Waals surface area contributed by atoms with Gasteiger partial charge >= 0.3 is 0 Å². The Kier molecular flexibility index (Phi) is 7.72. The minimum atomic E-state index is -0.294. The zero-order valence-corrected chi connectivity index (χ0v) is 17.8. The van der Waals surface area contributed by atoms with Crippen molar-refractivity contribution >= 4 is 9.52 Å². The summed E-state index contributed by atoms with van der Waals surface area (Å²) in [6.45, 7) is 4.25. The predicted molar refractivity (Wildman–Crippen MR) is 113 cm³/mol. The van der Waals surface area contributed by atoms with E-state index in [1.165, 1.54) is 36.8 Å². The van der Waals surface area contributed by atoms with Crippen LogP contribution in [0.2, 0.25) is 0 Å². The third kappa shape index (κ3) is 4.96. The van der Waals surface area contributed by atoms with E-state index >= 15 is 0 Å². The monoisotopic (exact) mass is 370 g/mol. The van der Waals surface area contributed by atoms with E-state index in [0.29, 0.717) is 12.0 Å². The molecule has 4 aliphatic rings. The van der Waals surface area contributed by atoms with Crippen LogP contribution in [0.5, 0.6) is 0 Å². The number of ether oxygens (including phenoxy) is 2. The standard InChI is InChI=1S/C20H26O2Si.C3H8/c1-3-7-17-15(5-1)9-11-19(17)21-13-23-14-22-20-12-10-16-6-2-4-8-18(16)20;1-3-2/h1,3,5-8,10,12,15,17,19-20H,2,4,9,11,13-14,23H2;3H2,1-2H3. The Balaban J connectivity index is 0.000000613. The second-order valence-electron chi connectivity index (χ2n) is 7.61. The molecule has 0 bridgehead atoms. The zero-order valence-electron chi connectivity index (χ0n) is 16.4. The van der Waals surface area contributed by atoms with Gasteiger partial charge in [0.2, 0.25) is 0 Å². The van der Waals surface area contributed by atoms with Crippen molar-refractivity contribution in [2.45, 2.75) is 58.2 Å². The molecule has 0 heterocycles. The largest absolute Gasteiger partial charge is 0.381 e. The van der Waals surface area contributed by atoms with Gasteiger partial charge in [-0.1, -0.05) is 68.9 Å². The average molecular weight is 371 g/mol. The van der Waals surface area contributed by atoms with Gasteiger partial charge in [0.25, 0.3) is 0 Å². The Morgan fingerprint density at radius 1 is 0.962 bits per heavy atom. The molecule has 0 aromatic heterocycles. The van der Waals surface area contributed by atoms with E-state index in [9.17, 15) is 0 Å². The van der Waals surface area contributed by atoms with E-state index in [2.05, 4.69) is 62.5 Å². The first kappa shape index (κ1) is 19.6. The highest BCUT2D eigenvalue weighted by atomic mass is 28.2. The molecule has 0 amide bonds. The van der Waals surface area contributed by atoms with Crippen LogP contribution in [-0.2, 0) is 9.47 Å². The molecule has 26 heavy (non-hydrogen) atoms. The predicted octanol–water partition coefficient (Wildman–Crippen LogP) is 4.63. The molecule has 4 aliphatic carbocycles. The van der Waals surface area contributed by atoms with Crippen LogP contribution in [0.3, 0.4) is 0 Å². The molecule has 0 spiro atoms. The smallest absolute Gasteiger partial charge is 0.101 e. The van der Waals surface area contributed by atoms with Crippen molar-refractivity contribution < 1.29 is 9.47 Å². The van der Waals surface area contributed by atoms with E-state index < -0.39 is 0 Å². The van der Waals surface area contributed by atoms with E-state index in [4.69, 9.17) is 9.47 Å². The van der Waals surface area contributed by atoms with Crippen molar-refractivity contribution in [1.29, 1.82) is 0 Å². The molecule has 1 fully saturated rings. The first-order valence-corrected chi connectivity index (χ1v) is 12.5. The van der Waals surface area contributed by atoms with Crippen LogP contribution in [0.15, 0.2) is 59.8 Å². The van der Waals surface area contributed by atoms with Crippen LogP contribution in [0.1, 0.15) is 46.0 Å². The molecule has 1 saturated carbocycles. The minimum absolute atomic E-state index is 0.205. The number of rotatable bonds is 6. The highest BCUT2D eigenvalue weighted by Gasteiger charge is 2.34. The van der Waals surface area contributed by atoms with Crippen molar-refractivity contribution in [3.8, 4) is 0 Å². The van der Waals surface area contributed by atoms with Crippen molar-refractivity contribution in [3.63, 3.8) is 0 Å². The molecule has 0 saturated heterocycles. The van der Waals surface area contributed by atoms with Gasteiger partial charge in [-0.2, -0.15) is 0 Å². The summed E-state index contributed by atoms with van der Waals surface area (Å²) in [5.41, 5.74) is 2.78. The lowest BCUT2D eigenvalue weighted by molar-refractivity contribution is 0.0628. The summed E-state index contributed by atoms with van der Waals surface area (Å²) >= 11 is 0. The van der Waals surface area contributed by atoms with E-state index in [1.54, 1.807) is 0 Å². The van der Waals surface area contributed by atoms with Crippen LogP contribution in [-0.4, -0.2) is 34.2 Å². The molecule has 0 aromatic carbocycles. The lowest BCUT2D eigenvalue weighted by Gasteiger charge is -2.22. The van der Waals surface area contributed by atoms with Gasteiger partial charge in [0, 0.05) is 18.4 Å². The molecular formula is C23H34O2Si. The topological polar surface area (TPSA) is 18.5 Å². The van der Waals surface area contributed by atoms with E-state index in [1.807, 2.05) is 0 Å². The molecule has 0 N–H and O–H groups in total. The normalized spacial score (nSPS) is 31.5. The maximum absolute atomic E-state index is 6.20. The molecular weight excluding hydrogens is 336 g/mol. The van der Waals surface area contributed by atoms with Gasteiger partial charge in [-0.3, -0.25) is 0 Å². The Morgan fingerprint density at radius 2 is 1.73 bits per heavy atom. The Bertz CT molecular complexity index is 599. The fourth-order valence-corrected chi connectivity index (χ4v) is 5.21. The SMILES string of the molecule is C1=CC2CCC(OC[SiH2]COC3C=CC4=CCCC=C43)C2C=C1.CCC. The van der Waals surface area contributed by atoms with Gasteiger partial charge in [-0.05, 0) is 42.7 Å². The third-order valence-corrected chi connectivity index (χ3v) is 6.46. The van der Waals surface area contributed by atoms with Crippen LogP contribution in [0.25, 0.3) is 0 Å². The fourth-order valence-electron chi connectivity index (χ4n) is 4.20. The fraction of sp³-hybridized carbons (Fsp3) is 0.565. The first-order valence-electron chi connectivity index (χ1n) is 10.5. The van der Waals surface area contributed by atoms with Crippen molar-refractivity contribution in [3.05, 3.63) is 59.8 Å². The number of hydrogen-bond donors (Lipinski definition) is 0. The quantitative estimate of drug-likeness (QED) is 0.501. The highest BCUT2D eigenvalue weighted by molar-refractivity contribution is 6.35. The van der Waals surface area contributed by atoms with Crippen LogP contribution in [0.4, 0.5) is 0 Å². The molecule has 2 nitrogen and oxygen atoms in total. The van der Waals surface area contributed by atoms with Crippen LogP contribution >= 0.6 is 0 Å². The van der Waals surface area contributed by atoms with E-state index in [-0.39, 0.29) is 15.6 Å². The van der Waals surface area contributed by atoms with Crippen molar-refractivity contribution in [1.82, 2.24) is 0 Å². The first-order chi connectivity index (χ1) is 12.8. The molecule has 0 radical (unpaired) electrons. The lowest BCUT2D eigenvalue weighted by atomic mass is 9.91. The molecule has 142 valence electrons. The Hall–Kier alpha value is -1.16. The Labute approximate surface area is 161 Å². The molecule has 0 aliphatic heterocycles. The second-order valence-corrected chi connectivity index (χ2v) is 9.13. The van der Waals surface area contributed by atoms with E-state index in [0.717, 1.165) is 24.8 Å². The molecule has 0 aromatic rings. The average Bonchev–Trinajstić information content (AvgIpc) is 3.27. The molecule has 4 rings (SSSR count). The van der Waals surface area contributed by atoms with Crippen molar-refractivity contribution in [2.75, 3.05) is 12.5 Å². The third-order valence-electron chi connectivity index (χ3n) is 5.41. The van der Waals surface area contributed by atoms with Crippen LogP contribution < -0.4 is 0 Å². The zero-order chi connectivity index (χ0) is 18.2. The van der Waals surface area contributed by atoms with Gasteiger partial charge in [0.1, 0.15) is 6.10 Å². The minimum Gasteiger partial charge on any atom is -0.381 e. The van der Waals surface area contributed by atoms with Gasteiger partial charge in [-0.25, -0.2) is 0 Å². The molecule has 3 heteroatoms. The van der Waals surface area contributed by atoms with Gasteiger partial charge in [0.15, 0.2) is 0 Å². The number of hydrogen-bond acceptors (Lipinski definition) is 2. The second kappa shape index (κ2) is 10.2.